The zero-order valence-corrected chi connectivity index (χ0v) is 22.7. The van der Waals surface area contributed by atoms with Gasteiger partial charge in [-0.2, -0.15) is 0 Å². The average molecular weight is 528 g/mol. The molecule has 0 saturated heterocycles. The summed E-state index contributed by atoms with van der Waals surface area (Å²) in [5.74, 6) is 2.65. The third-order valence-corrected chi connectivity index (χ3v) is 6.12. The van der Waals surface area contributed by atoms with Crippen molar-refractivity contribution in [1.82, 2.24) is 14.8 Å². The molecular weight excluding hydrogens is 494 g/mol. The molecule has 0 saturated carbocycles. The zero-order valence-electron chi connectivity index (χ0n) is 21.9. The van der Waals surface area contributed by atoms with Crippen molar-refractivity contribution in [3.63, 3.8) is 0 Å². The van der Waals surface area contributed by atoms with E-state index < -0.39 is 0 Å². The van der Waals surface area contributed by atoms with E-state index in [9.17, 15) is 9.59 Å². The van der Waals surface area contributed by atoms with E-state index in [0.717, 1.165) is 5.75 Å². The fraction of sp³-hybridized carbons (Fsp3) is 0.385. The summed E-state index contributed by atoms with van der Waals surface area (Å²) in [6.07, 6.45) is -0.352. The van der Waals surface area contributed by atoms with Crippen LogP contribution in [-0.2, 0) is 16.1 Å². The van der Waals surface area contributed by atoms with Gasteiger partial charge in [0.15, 0.2) is 17.1 Å². The number of benzene rings is 2. The Hall–Kier alpha value is -3.73. The smallest absolute Gasteiger partial charge is 0.234 e. The lowest BCUT2D eigenvalue weighted by molar-refractivity contribution is -0.114. The van der Waals surface area contributed by atoms with E-state index >= 15 is 0 Å². The van der Waals surface area contributed by atoms with Crippen LogP contribution in [0.3, 0.4) is 0 Å². The predicted octanol–water partition coefficient (Wildman–Crippen LogP) is 4.78. The van der Waals surface area contributed by atoms with Crippen molar-refractivity contribution in [2.24, 2.45) is 5.92 Å². The monoisotopic (exact) mass is 527 g/mol. The maximum atomic E-state index is 12.7. The Morgan fingerprint density at radius 1 is 0.973 bits per heavy atom. The van der Waals surface area contributed by atoms with Gasteiger partial charge in [-0.25, -0.2) is 0 Å². The number of carbonyl (C=O) groups excluding carboxylic acids is 2. The van der Waals surface area contributed by atoms with Crippen LogP contribution in [0.1, 0.15) is 39.6 Å². The Morgan fingerprint density at radius 2 is 1.68 bits per heavy atom. The molecule has 0 bridgehead atoms. The normalized spacial score (nSPS) is 11.6. The first kappa shape index (κ1) is 27.9. The standard InChI is InChI=1S/C26H33N5O5S/c1-16(2)14-31-25(17(3)36-21-10-8-20(34-5)9-11-21)29-30-26(31)37-15-24(33)28-19-7-12-23(35-6)22(13-19)27-18(4)32/h7-13,16-17H,14-15H2,1-6H3,(H,27,32)(H,28,33). The first-order valence-corrected chi connectivity index (χ1v) is 12.8. The van der Waals surface area contributed by atoms with Gasteiger partial charge in [0.1, 0.15) is 17.2 Å². The van der Waals surface area contributed by atoms with Gasteiger partial charge in [-0.3, -0.25) is 9.59 Å². The maximum Gasteiger partial charge on any atom is 0.234 e. The molecule has 2 amide bonds. The molecule has 2 aromatic carbocycles. The Morgan fingerprint density at radius 3 is 2.30 bits per heavy atom. The number of nitrogens with zero attached hydrogens (tertiary/aromatic N) is 3. The minimum atomic E-state index is -0.352. The van der Waals surface area contributed by atoms with Gasteiger partial charge < -0.3 is 29.4 Å². The highest BCUT2D eigenvalue weighted by atomic mass is 32.2. The summed E-state index contributed by atoms with van der Waals surface area (Å²) in [6.45, 7) is 8.22. The van der Waals surface area contributed by atoms with Crippen LogP contribution in [0.5, 0.6) is 17.2 Å². The number of amides is 2. The van der Waals surface area contributed by atoms with Crippen molar-refractivity contribution in [3.05, 3.63) is 48.3 Å². The van der Waals surface area contributed by atoms with Crippen LogP contribution in [0.4, 0.5) is 11.4 Å². The third kappa shape index (κ3) is 7.88. The lowest BCUT2D eigenvalue weighted by Crippen LogP contribution is -2.17. The largest absolute Gasteiger partial charge is 0.497 e. The van der Waals surface area contributed by atoms with Gasteiger partial charge in [0, 0.05) is 19.2 Å². The summed E-state index contributed by atoms with van der Waals surface area (Å²) in [6, 6.07) is 12.4. The van der Waals surface area contributed by atoms with E-state index in [0.29, 0.717) is 46.3 Å². The molecule has 0 aliphatic heterocycles. The van der Waals surface area contributed by atoms with Crippen LogP contribution in [0.25, 0.3) is 0 Å². The number of anilines is 2. The molecule has 198 valence electrons. The Labute approximate surface area is 221 Å². The lowest BCUT2D eigenvalue weighted by Gasteiger charge is -2.18. The number of thioether (sulfide) groups is 1. The van der Waals surface area contributed by atoms with E-state index in [4.69, 9.17) is 14.2 Å². The fourth-order valence-electron chi connectivity index (χ4n) is 3.56. The number of methoxy groups -OCH3 is 2. The lowest BCUT2D eigenvalue weighted by atomic mass is 10.2. The van der Waals surface area contributed by atoms with Crippen LogP contribution in [0, 0.1) is 5.92 Å². The molecule has 3 aromatic rings. The Kier molecular flexibility index (Phi) is 9.78. The van der Waals surface area contributed by atoms with Gasteiger partial charge in [0.25, 0.3) is 0 Å². The number of ether oxygens (including phenoxy) is 3. The summed E-state index contributed by atoms with van der Waals surface area (Å²) in [4.78, 5) is 24.2. The van der Waals surface area contributed by atoms with E-state index in [1.807, 2.05) is 35.8 Å². The van der Waals surface area contributed by atoms with Gasteiger partial charge >= 0.3 is 0 Å². The van der Waals surface area contributed by atoms with Crippen molar-refractivity contribution in [2.75, 3.05) is 30.6 Å². The van der Waals surface area contributed by atoms with Gasteiger partial charge in [0.05, 0.1) is 25.7 Å². The molecule has 0 aliphatic carbocycles. The van der Waals surface area contributed by atoms with E-state index in [2.05, 4.69) is 34.7 Å². The second-order valence-corrected chi connectivity index (χ2v) is 9.66. The molecule has 2 N–H and O–H groups in total. The summed E-state index contributed by atoms with van der Waals surface area (Å²) < 4.78 is 18.5. The van der Waals surface area contributed by atoms with E-state index in [1.54, 1.807) is 25.3 Å². The minimum absolute atomic E-state index is 0.130. The van der Waals surface area contributed by atoms with Gasteiger partial charge in [-0.15, -0.1) is 10.2 Å². The number of carbonyl (C=O) groups is 2. The molecule has 0 fully saturated rings. The van der Waals surface area contributed by atoms with Gasteiger partial charge in [-0.1, -0.05) is 25.6 Å². The molecule has 1 atom stereocenters. The quantitative estimate of drug-likeness (QED) is 0.323. The molecule has 1 unspecified atom stereocenters. The van der Waals surface area contributed by atoms with Crippen molar-refractivity contribution < 1.29 is 23.8 Å². The summed E-state index contributed by atoms with van der Waals surface area (Å²) in [5, 5.41) is 14.9. The zero-order chi connectivity index (χ0) is 26.9. The first-order valence-electron chi connectivity index (χ1n) is 11.8. The molecule has 11 heteroatoms. The van der Waals surface area contributed by atoms with Crippen LogP contribution in [-0.4, -0.2) is 46.6 Å². The van der Waals surface area contributed by atoms with Crippen LogP contribution < -0.4 is 24.8 Å². The van der Waals surface area contributed by atoms with Gasteiger partial charge in [-0.05, 0) is 55.3 Å². The van der Waals surface area contributed by atoms with E-state index in [-0.39, 0.29) is 23.7 Å². The molecule has 1 heterocycles. The number of hydrogen-bond donors (Lipinski definition) is 2. The summed E-state index contributed by atoms with van der Waals surface area (Å²) in [7, 11) is 3.13. The topological polar surface area (TPSA) is 117 Å². The number of rotatable bonds is 12. The summed E-state index contributed by atoms with van der Waals surface area (Å²) in [5.41, 5.74) is 1.02. The number of hydrogen-bond acceptors (Lipinski definition) is 8. The highest BCUT2D eigenvalue weighted by Gasteiger charge is 2.21. The molecule has 0 radical (unpaired) electrons. The number of nitrogens with one attached hydrogen (secondary N) is 2. The molecule has 10 nitrogen and oxygen atoms in total. The first-order chi connectivity index (χ1) is 17.7. The van der Waals surface area contributed by atoms with Crippen LogP contribution in [0.15, 0.2) is 47.6 Å². The predicted molar refractivity (Wildman–Crippen MR) is 144 cm³/mol. The van der Waals surface area contributed by atoms with Crippen molar-refractivity contribution in [1.29, 1.82) is 0 Å². The number of aromatic nitrogens is 3. The molecule has 0 spiro atoms. The molecule has 3 rings (SSSR count). The molecule has 0 aliphatic rings. The van der Waals surface area contributed by atoms with Gasteiger partial charge in [0.2, 0.25) is 11.8 Å². The molecular formula is C26H33N5O5S. The van der Waals surface area contributed by atoms with Crippen molar-refractivity contribution >= 4 is 35.0 Å². The molecule has 1 aromatic heterocycles. The van der Waals surface area contributed by atoms with Crippen molar-refractivity contribution in [2.45, 2.75) is 45.5 Å². The van der Waals surface area contributed by atoms with Crippen molar-refractivity contribution in [3.8, 4) is 17.2 Å². The van der Waals surface area contributed by atoms with Crippen LogP contribution in [0.2, 0.25) is 0 Å². The maximum absolute atomic E-state index is 12.7. The minimum Gasteiger partial charge on any atom is -0.497 e. The third-order valence-electron chi connectivity index (χ3n) is 5.16. The second-order valence-electron chi connectivity index (χ2n) is 8.71. The van der Waals surface area contributed by atoms with Crippen LogP contribution >= 0.6 is 11.8 Å². The Bertz CT molecular complexity index is 1210. The second kappa shape index (κ2) is 13.0. The van der Waals surface area contributed by atoms with E-state index in [1.165, 1.54) is 25.8 Å². The average Bonchev–Trinajstić information content (AvgIpc) is 3.25. The summed E-state index contributed by atoms with van der Waals surface area (Å²) >= 11 is 1.30. The SMILES string of the molecule is COc1ccc(OC(C)c2nnc(SCC(=O)Nc3ccc(OC)c(NC(C)=O)c3)n2CC(C)C)cc1. The Balaban J connectivity index is 1.68. The highest BCUT2D eigenvalue weighted by Crippen LogP contribution is 2.29. The molecule has 37 heavy (non-hydrogen) atoms. The fourth-order valence-corrected chi connectivity index (χ4v) is 4.31. The highest BCUT2D eigenvalue weighted by molar-refractivity contribution is 7.99.